The summed E-state index contributed by atoms with van der Waals surface area (Å²) in [5.74, 6) is -0.748. The summed E-state index contributed by atoms with van der Waals surface area (Å²) in [6, 6.07) is 13.8. The average Bonchev–Trinajstić information content (AvgIpc) is 2.50. The monoisotopic (exact) mass is 304 g/mol. The SMILES string of the molecule is CCC(CC)(C(=O)c1ccc(Cl)cc1F)c1ccccc1. The molecule has 0 heterocycles. The van der Waals surface area contributed by atoms with E-state index in [2.05, 4.69) is 0 Å². The van der Waals surface area contributed by atoms with E-state index in [0.717, 1.165) is 5.56 Å². The first-order chi connectivity index (χ1) is 10.0. The molecule has 3 heteroatoms. The summed E-state index contributed by atoms with van der Waals surface area (Å²) in [6.45, 7) is 3.92. The molecule has 0 aliphatic heterocycles. The lowest BCUT2D eigenvalue weighted by Gasteiger charge is -2.31. The quantitative estimate of drug-likeness (QED) is 0.674. The molecule has 2 aromatic rings. The fourth-order valence-electron chi connectivity index (χ4n) is 2.80. The molecule has 0 fully saturated rings. The fraction of sp³-hybridized carbons (Fsp3) is 0.278. The Hall–Kier alpha value is -1.67. The van der Waals surface area contributed by atoms with Crippen molar-refractivity contribution in [3.63, 3.8) is 0 Å². The molecule has 0 saturated carbocycles. The first kappa shape index (κ1) is 15.7. The van der Waals surface area contributed by atoms with Crippen molar-refractivity contribution >= 4 is 17.4 Å². The van der Waals surface area contributed by atoms with Gasteiger partial charge in [0, 0.05) is 5.02 Å². The van der Waals surface area contributed by atoms with E-state index >= 15 is 0 Å². The molecule has 1 nitrogen and oxygen atoms in total. The standard InChI is InChI=1S/C18H18ClFO/c1-3-18(4-2,13-8-6-5-7-9-13)17(21)15-11-10-14(19)12-16(15)20/h5-12H,3-4H2,1-2H3. The van der Waals surface area contributed by atoms with Crippen LogP contribution in [0.4, 0.5) is 4.39 Å². The Balaban J connectivity index is 2.55. The van der Waals surface area contributed by atoms with Crippen LogP contribution >= 0.6 is 11.6 Å². The van der Waals surface area contributed by atoms with E-state index in [4.69, 9.17) is 11.6 Å². The number of Topliss-reactive ketones (excluding diaryl/α,β-unsaturated/α-hetero) is 1. The van der Waals surface area contributed by atoms with Gasteiger partial charge in [0.15, 0.2) is 5.78 Å². The topological polar surface area (TPSA) is 17.1 Å². The van der Waals surface area contributed by atoms with E-state index < -0.39 is 11.2 Å². The molecule has 0 aliphatic rings. The highest BCUT2D eigenvalue weighted by molar-refractivity contribution is 6.30. The first-order valence-corrected chi connectivity index (χ1v) is 7.48. The summed E-state index contributed by atoms with van der Waals surface area (Å²) in [5.41, 5.74) is 0.331. The smallest absolute Gasteiger partial charge is 0.176 e. The van der Waals surface area contributed by atoms with E-state index in [1.165, 1.54) is 12.1 Å². The Labute approximate surface area is 129 Å². The summed E-state index contributed by atoms with van der Waals surface area (Å²) in [4.78, 5) is 13.0. The maximum Gasteiger partial charge on any atom is 0.176 e. The number of carbonyl (C=O) groups is 1. The van der Waals surface area contributed by atoms with Crippen LogP contribution in [0.5, 0.6) is 0 Å². The molecular weight excluding hydrogens is 287 g/mol. The summed E-state index contributed by atoms with van der Waals surface area (Å²) >= 11 is 5.77. The molecule has 0 bridgehead atoms. The van der Waals surface area contributed by atoms with Gasteiger partial charge in [-0.3, -0.25) is 4.79 Å². The number of hydrogen-bond donors (Lipinski definition) is 0. The molecule has 0 atom stereocenters. The van der Waals surface area contributed by atoms with Gasteiger partial charge in [0.2, 0.25) is 0 Å². The van der Waals surface area contributed by atoms with Gasteiger partial charge in [-0.1, -0.05) is 55.8 Å². The lowest BCUT2D eigenvalue weighted by Crippen LogP contribution is -2.35. The molecule has 21 heavy (non-hydrogen) atoms. The molecule has 0 N–H and O–H groups in total. The maximum atomic E-state index is 14.1. The van der Waals surface area contributed by atoms with Crippen LogP contribution in [-0.4, -0.2) is 5.78 Å². The van der Waals surface area contributed by atoms with Crippen molar-refractivity contribution in [3.05, 3.63) is 70.5 Å². The maximum absolute atomic E-state index is 14.1. The molecule has 2 rings (SSSR count). The highest BCUT2D eigenvalue weighted by atomic mass is 35.5. The highest BCUT2D eigenvalue weighted by Crippen LogP contribution is 2.36. The highest BCUT2D eigenvalue weighted by Gasteiger charge is 2.38. The van der Waals surface area contributed by atoms with Gasteiger partial charge in [-0.25, -0.2) is 4.39 Å². The summed E-state index contributed by atoms with van der Waals surface area (Å²) in [5, 5.41) is 0.294. The van der Waals surface area contributed by atoms with Gasteiger partial charge in [0.05, 0.1) is 11.0 Å². The Morgan fingerprint density at radius 3 is 2.24 bits per heavy atom. The van der Waals surface area contributed by atoms with Gasteiger partial charge in [0.25, 0.3) is 0 Å². The first-order valence-electron chi connectivity index (χ1n) is 7.10. The van der Waals surface area contributed by atoms with Crippen LogP contribution in [0.25, 0.3) is 0 Å². The Kier molecular flexibility index (Phi) is 4.79. The fourth-order valence-corrected chi connectivity index (χ4v) is 2.96. The van der Waals surface area contributed by atoms with Crippen LogP contribution in [0, 0.1) is 5.82 Å². The summed E-state index contributed by atoms with van der Waals surface area (Å²) in [7, 11) is 0. The molecule has 0 spiro atoms. The molecule has 110 valence electrons. The third-order valence-electron chi connectivity index (χ3n) is 4.14. The third-order valence-corrected chi connectivity index (χ3v) is 4.38. The zero-order valence-corrected chi connectivity index (χ0v) is 13.0. The largest absolute Gasteiger partial charge is 0.293 e. The molecule has 0 aromatic heterocycles. The van der Waals surface area contributed by atoms with E-state index in [9.17, 15) is 9.18 Å². The minimum Gasteiger partial charge on any atom is -0.293 e. The number of halogens is 2. The second-order valence-corrected chi connectivity index (χ2v) is 5.54. The van der Waals surface area contributed by atoms with E-state index in [1.54, 1.807) is 6.07 Å². The van der Waals surface area contributed by atoms with Crippen LogP contribution in [0.3, 0.4) is 0 Å². The van der Waals surface area contributed by atoms with Crippen molar-refractivity contribution in [1.29, 1.82) is 0 Å². The Bertz CT molecular complexity index is 633. The zero-order chi connectivity index (χ0) is 15.5. The normalized spacial score (nSPS) is 11.4. The van der Waals surface area contributed by atoms with Crippen molar-refractivity contribution in [1.82, 2.24) is 0 Å². The Morgan fingerprint density at radius 2 is 1.71 bits per heavy atom. The minimum atomic E-state index is -0.698. The number of ketones is 1. The second-order valence-electron chi connectivity index (χ2n) is 5.11. The van der Waals surface area contributed by atoms with Gasteiger partial charge < -0.3 is 0 Å². The number of carbonyl (C=O) groups excluding carboxylic acids is 1. The van der Waals surface area contributed by atoms with E-state index in [1.807, 2.05) is 44.2 Å². The summed E-state index contributed by atoms with van der Waals surface area (Å²) < 4.78 is 14.1. The number of rotatable bonds is 5. The number of benzene rings is 2. The van der Waals surface area contributed by atoms with Crippen LogP contribution in [0.15, 0.2) is 48.5 Å². The van der Waals surface area contributed by atoms with Gasteiger partial charge in [0.1, 0.15) is 5.82 Å². The van der Waals surface area contributed by atoms with Crippen molar-refractivity contribution in [2.75, 3.05) is 0 Å². The summed E-state index contributed by atoms with van der Waals surface area (Å²) in [6.07, 6.45) is 1.24. The van der Waals surface area contributed by atoms with Gasteiger partial charge >= 0.3 is 0 Å². The van der Waals surface area contributed by atoms with Crippen LogP contribution < -0.4 is 0 Å². The molecule has 0 aliphatic carbocycles. The van der Waals surface area contributed by atoms with Crippen molar-refractivity contribution < 1.29 is 9.18 Å². The van der Waals surface area contributed by atoms with Crippen molar-refractivity contribution in [2.45, 2.75) is 32.1 Å². The average molecular weight is 305 g/mol. The second kappa shape index (κ2) is 6.40. The molecular formula is C18H18ClFO. The van der Waals surface area contributed by atoms with Gasteiger partial charge in [-0.2, -0.15) is 0 Å². The number of hydrogen-bond acceptors (Lipinski definition) is 1. The molecule has 0 amide bonds. The lowest BCUT2D eigenvalue weighted by molar-refractivity contribution is 0.0868. The minimum absolute atomic E-state index is 0.104. The molecule has 0 radical (unpaired) electrons. The van der Waals surface area contributed by atoms with Crippen LogP contribution in [0.2, 0.25) is 5.02 Å². The van der Waals surface area contributed by atoms with Crippen LogP contribution in [0.1, 0.15) is 42.6 Å². The molecule has 0 unspecified atom stereocenters. The van der Waals surface area contributed by atoms with Gasteiger partial charge in [-0.15, -0.1) is 0 Å². The Morgan fingerprint density at radius 1 is 1.10 bits per heavy atom. The van der Waals surface area contributed by atoms with Crippen molar-refractivity contribution in [3.8, 4) is 0 Å². The predicted molar refractivity (Wildman–Crippen MR) is 84.4 cm³/mol. The molecule has 2 aromatic carbocycles. The van der Waals surface area contributed by atoms with Gasteiger partial charge in [-0.05, 0) is 36.6 Å². The predicted octanol–water partition coefficient (Wildman–Crippen LogP) is 5.42. The van der Waals surface area contributed by atoms with Crippen molar-refractivity contribution in [2.24, 2.45) is 0 Å². The van der Waals surface area contributed by atoms with Crippen LogP contribution in [-0.2, 0) is 5.41 Å². The lowest BCUT2D eigenvalue weighted by atomic mass is 9.70. The van der Waals surface area contributed by atoms with E-state index in [-0.39, 0.29) is 11.3 Å². The van der Waals surface area contributed by atoms with E-state index in [0.29, 0.717) is 17.9 Å². The zero-order valence-electron chi connectivity index (χ0n) is 12.2. The molecule has 0 saturated heterocycles. The third kappa shape index (κ3) is 2.86.